The molecule has 102 valence electrons. The smallest absolute Gasteiger partial charge is 0.229 e. The molecular formula is C14H18N2O3. The topological polar surface area (TPSA) is 78.4 Å². The van der Waals surface area contributed by atoms with Crippen LogP contribution in [0.15, 0.2) is 24.3 Å². The van der Waals surface area contributed by atoms with Gasteiger partial charge in [0.25, 0.3) is 0 Å². The first-order valence-electron chi connectivity index (χ1n) is 6.47. The van der Waals surface area contributed by atoms with Gasteiger partial charge in [-0.05, 0) is 18.9 Å². The summed E-state index contributed by atoms with van der Waals surface area (Å²) in [5, 5.41) is 14.8. The van der Waals surface area contributed by atoms with Gasteiger partial charge in [0.2, 0.25) is 11.8 Å². The van der Waals surface area contributed by atoms with E-state index in [0.29, 0.717) is 25.8 Å². The molecule has 1 atom stereocenters. The molecule has 1 aliphatic rings. The van der Waals surface area contributed by atoms with E-state index in [2.05, 4.69) is 10.6 Å². The molecule has 2 amide bonds. The molecule has 0 aliphatic carbocycles. The largest absolute Gasteiger partial charge is 0.392 e. The Bertz CT molecular complexity index is 474. The number of para-hydroxylation sites is 1. The Morgan fingerprint density at radius 2 is 2.11 bits per heavy atom. The lowest BCUT2D eigenvalue weighted by Gasteiger charge is -2.21. The monoisotopic (exact) mass is 262 g/mol. The van der Waals surface area contributed by atoms with Crippen LogP contribution in [-0.2, 0) is 16.2 Å². The number of aliphatic hydroxyl groups is 1. The van der Waals surface area contributed by atoms with Crippen molar-refractivity contribution in [3.63, 3.8) is 0 Å². The lowest BCUT2D eigenvalue weighted by atomic mass is 9.95. The van der Waals surface area contributed by atoms with Crippen molar-refractivity contribution in [3.8, 4) is 0 Å². The number of imide groups is 1. The van der Waals surface area contributed by atoms with Crippen LogP contribution in [0, 0.1) is 5.92 Å². The molecule has 1 aliphatic heterocycles. The first-order chi connectivity index (χ1) is 9.20. The highest BCUT2D eigenvalue weighted by molar-refractivity contribution is 5.98. The molecule has 1 saturated heterocycles. The van der Waals surface area contributed by atoms with E-state index in [1.165, 1.54) is 0 Å². The average Bonchev–Trinajstić information content (AvgIpc) is 2.42. The molecule has 5 nitrogen and oxygen atoms in total. The highest BCUT2D eigenvalue weighted by Crippen LogP contribution is 2.18. The number of rotatable bonds is 5. The third-order valence-corrected chi connectivity index (χ3v) is 3.35. The highest BCUT2D eigenvalue weighted by Gasteiger charge is 2.25. The Labute approximate surface area is 112 Å². The maximum absolute atomic E-state index is 11.6. The molecule has 1 fully saturated rings. The summed E-state index contributed by atoms with van der Waals surface area (Å²) in [7, 11) is 0. The fourth-order valence-corrected chi connectivity index (χ4v) is 2.23. The lowest BCUT2D eigenvalue weighted by Crippen LogP contribution is -2.41. The summed E-state index contributed by atoms with van der Waals surface area (Å²) < 4.78 is 0. The van der Waals surface area contributed by atoms with Crippen LogP contribution in [0.4, 0.5) is 5.69 Å². The molecule has 3 N–H and O–H groups in total. The van der Waals surface area contributed by atoms with Gasteiger partial charge in [-0.3, -0.25) is 14.9 Å². The summed E-state index contributed by atoms with van der Waals surface area (Å²) >= 11 is 0. The van der Waals surface area contributed by atoms with Gasteiger partial charge in [-0.1, -0.05) is 18.2 Å². The molecule has 1 unspecified atom stereocenters. The van der Waals surface area contributed by atoms with E-state index < -0.39 is 0 Å². The van der Waals surface area contributed by atoms with Gasteiger partial charge in [0.1, 0.15) is 0 Å². The van der Waals surface area contributed by atoms with E-state index in [0.717, 1.165) is 11.3 Å². The standard InChI is InChI=1S/C14H18N2O3/c17-9-11-3-1-2-4-12(11)15-8-7-10-5-6-13(18)16-14(10)19/h1-4,10,15,17H,5-9H2,(H,16,18,19). The zero-order valence-electron chi connectivity index (χ0n) is 10.7. The highest BCUT2D eigenvalue weighted by atomic mass is 16.3. The first-order valence-corrected chi connectivity index (χ1v) is 6.47. The van der Waals surface area contributed by atoms with Crippen LogP contribution in [0.3, 0.4) is 0 Å². The van der Waals surface area contributed by atoms with Gasteiger partial charge in [0, 0.05) is 30.1 Å². The summed E-state index contributed by atoms with van der Waals surface area (Å²) in [5.74, 6) is -0.459. The number of anilines is 1. The van der Waals surface area contributed by atoms with Crippen molar-refractivity contribution in [1.82, 2.24) is 5.32 Å². The van der Waals surface area contributed by atoms with Gasteiger partial charge in [-0.25, -0.2) is 0 Å². The van der Waals surface area contributed by atoms with Crippen molar-refractivity contribution in [1.29, 1.82) is 0 Å². The van der Waals surface area contributed by atoms with Gasteiger partial charge in [0.15, 0.2) is 0 Å². The second-order valence-corrected chi connectivity index (χ2v) is 4.68. The van der Waals surface area contributed by atoms with Gasteiger partial charge in [-0.2, -0.15) is 0 Å². The summed E-state index contributed by atoms with van der Waals surface area (Å²) in [6.07, 6.45) is 1.72. The van der Waals surface area contributed by atoms with Crippen molar-refractivity contribution in [2.75, 3.05) is 11.9 Å². The Balaban J connectivity index is 1.83. The maximum atomic E-state index is 11.6. The fraction of sp³-hybridized carbons (Fsp3) is 0.429. The van der Waals surface area contributed by atoms with E-state index in [4.69, 9.17) is 0 Å². The van der Waals surface area contributed by atoms with E-state index in [1.54, 1.807) is 0 Å². The Morgan fingerprint density at radius 3 is 2.84 bits per heavy atom. The second-order valence-electron chi connectivity index (χ2n) is 4.68. The molecule has 0 radical (unpaired) electrons. The Hall–Kier alpha value is -1.88. The SMILES string of the molecule is O=C1CCC(CCNc2ccccc2CO)C(=O)N1. The number of carbonyl (C=O) groups excluding carboxylic acids is 2. The zero-order chi connectivity index (χ0) is 13.7. The van der Waals surface area contributed by atoms with Crippen molar-refractivity contribution < 1.29 is 14.7 Å². The van der Waals surface area contributed by atoms with Crippen molar-refractivity contribution in [3.05, 3.63) is 29.8 Å². The van der Waals surface area contributed by atoms with Crippen LogP contribution in [0.2, 0.25) is 0 Å². The van der Waals surface area contributed by atoms with Crippen LogP contribution >= 0.6 is 0 Å². The third kappa shape index (κ3) is 3.54. The number of benzene rings is 1. The molecule has 2 rings (SSSR count). The molecule has 5 heteroatoms. The van der Waals surface area contributed by atoms with Crippen molar-refractivity contribution in [2.45, 2.75) is 25.9 Å². The molecular weight excluding hydrogens is 244 g/mol. The average molecular weight is 262 g/mol. The summed E-state index contributed by atoms with van der Waals surface area (Å²) in [4.78, 5) is 22.6. The number of hydrogen-bond donors (Lipinski definition) is 3. The molecule has 0 spiro atoms. The van der Waals surface area contributed by atoms with E-state index in [9.17, 15) is 14.7 Å². The van der Waals surface area contributed by atoms with E-state index in [-0.39, 0.29) is 24.3 Å². The second kappa shape index (κ2) is 6.33. The molecule has 0 saturated carbocycles. The molecule has 0 aromatic heterocycles. The Morgan fingerprint density at radius 1 is 1.32 bits per heavy atom. The van der Waals surface area contributed by atoms with Gasteiger partial charge in [-0.15, -0.1) is 0 Å². The summed E-state index contributed by atoms with van der Waals surface area (Å²) in [6.45, 7) is 0.630. The summed E-state index contributed by atoms with van der Waals surface area (Å²) in [5.41, 5.74) is 1.73. The molecule has 1 heterocycles. The van der Waals surface area contributed by atoms with Crippen molar-refractivity contribution in [2.24, 2.45) is 5.92 Å². The number of piperidine rings is 1. The van der Waals surface area contributed by atoms with E-state index >= 15 is 0 Å². The molecule has 1 aromatic rings. The normalized spacial score (nSPS) is 19.1. The van der Waals surface area contributed by atoms with Crippen LogP contribution < -0.4 is 10.6 Å². The first kappa shape index (κ1) is 13.5. The molecule has 19 heavy (non-hydrogen) atoms. The van der Waals surface area contributed by atoms with Crippen LogP contribution in [-0.4, -0.2) is 23.5 Å². The maximum Gasteiger partial charge on any atom is 0.229 e. The number of nitrogens with one attached hydrogen (secondary N) is 2. The number of amides is 2. The number of carbonyl (C=O) groups is 2. The summed E-state index contributed by atoms with van der Waals surface area (Å²) in [6, 6.07) is 7.52. The zero-order valence-corrected chi connectivity index (χ0v) is 10.7. The van der Waals surface area contributed by atoms with Crippen LogP contribution in [0.5, 0.6) is 0 Å². The quantitative estimate of drug-likeness (QED) is 0.693. The molecule has 1 aromatic carbocycles. The van der Waals surface area contributed by atoms with Crippen LogP contribution in [0.25, 0.3) is 0 Å². The predicted molar refractivity (Wildman–Crippen MR) is 71.3 cm³/mol. The van der Waals surface area contributed by atoms with Gasteiger partial charge >= 0.3 is 0 Å². The Kier molecular flexibility index (Phi) is 4.52. The van der Waals surface area contributed by atoms with Gasteiger partial charge in [0.05, 0.1) is 6.61 Å². The number of hydrogen-bond acceptors (Lipinski definition) is 4. The molecule has 0 bridgehead atoms. The predicted octanol–water partition coefficient (Wildman–Crippen LogP) is 1.03. The van der Waals surface area contributed by atoms with Crippen LogP contribution in [0.1, 0.15) is 24.8 Å². The minimum atomic E-state index is -0.181. The third-order valence-electron chi connectivity index (χ3n) is 3.35. The van der Waals surface area contributed by atoms with Gasteiger partial charge < -0.3 is 10.4 Å². The van der Waals surface area contributed by atoms with E-state index in [1.807, 2.05) is 24.3 Å². The number of aliphatic hydroxyl groups excluding tert-OH is 1. The fourth-order valence-electron chi connectivity index (χ4n) is 2.23. The van der Waals surface area contributed by atoms with Crippen molar-refractivity contribution >= 4 is 17.5 Å². The minimum Gasteiger partial charge on any atom is -0.392 e. The minimum absolute atomic E-state index is 0.0123. The lowest BCUT2D eigenvalue weighted by molar-refractivity contribution is -0.136.